The van der Waals surface area contributed by atoms with E-state index in [9.17, 15) is 0 Å². The highest BCUT2D eigenvalue weighted by molar-refractivity contribution is 9.10. The Morgan fingerprint density at radius 2 is 2.25 bits per heavy atom. The third kappa shape index (κ3) is 3.20. The van der Waals surface area contributed by atoms with E-state index in [1.807, 2.05) is 18.2 Å². The lowest BCUT2D eigenvalue weighted by Crippen LogP contribution is -2.30. The zero-order valence-corrected chi connectivity index (χ0v) is 11.4. The van der Waals surface area contributed by atoms with Gasteiger partial charge in [0.2, 0.25) is 0 Å². The van der Waals surface area contributed by atoms with Crippen molar-refractivity contribution in [3.8, 4) is 0 Å². The summed E-state index contributed by atoms with van der Waals surface area (Å²) >= 11 is 9.64. The molecule has 0 aromatic heterocycles. The number of hydrogen-bond donors (Lipinski definition) is 2. The zero-order valence-electron chi connectivity index (χ0n) is 9.05. The van der Waals surface area contributed by atoms with Crippen LogP contribution in [-0.4, -0.2) is 13.1 Å². The molecule has 1 aromatic carbocycles. The number of rotatable bonds is 5. The summed E-state index contributed by atoms with van der Waals surface area (Å²) in [5.74, 6) is 0.847. The Hall–Kier alpha value is -0.0900. The standard InChI is InChI=1S/C12H16BrClN2/c13-9-3-4-11(14)10(5-9)12(6-15)16-7-8-1-2-8/h3-5,8,12,16H,1-2,6-7,15H2. The smallest absolute Gasteiger partial charge is 0.0459 e. The Bertz CT molecular complexity index is 366. The molecule has 0 bridgehead atoms. The molecule has 1 aliphatic rings. The minimum absolute atomic E-state index is 0.158. The molecule has 1 aromatic rings. The van der Waals surface area contributed by atoms with Crippen LogP contribution < -0.4 is 11.1 Å². The van der Waals surface area contributed by atoms with Crippen molar-refractivity contribution in [3.05, 3.63) is 33.3 Å². The van der Waals surface area contributed by atoms with Crippen molar-refractivity contribution in [1.29, 1.82) is 0 Å². The van der Waals surface area contributed by atoms with Crippen molar-refractivity contribution in [3.63, 3.8) is 0 Å². The zero-order chi connectivity index (χ0) is 11.5. The first kappa shape index (κ1) is 12.4. The molecule has 2 nitrogen and oxygen atoms in total. The van der Waals surface area contributed by atoms with E-state index in [1.165, 1.54) is 12.8 Å². The molecule has 1 atom stereocenters. The Morgan fingerprint density at radius 1 is 1.50 bits per heavy atom. The lowest BCUT2D eigenvalue weighted by Gasteiger charge is -2.18. The topological polar surface area (TPSA) is 38.0 Å². The van der Waals surface area contributed by atoms with Gasteiger partial charge in [0.15, 0.2) is 0 Å². The van der Waals surface area contributed by atoms with Crippen LogP contribution in [0.1, 0.15) is 24.4 Å². The van der Waals surface area contributed by atoms with E-state index in [2.05, 4.69) is 21.2 Å². The van der Waals surface area contributed by atoms with Crippen molar-refractivity contribution < 1.29 is 0 Å². The maximum Gasteiger partial charge on any atom is 0.0459 e. The van der Waals surface area contributed by atoms with Gasteiger partial charge in [-0.2, -0.15) is 0 Å². The first-order chi connectivity index (χ1) is 7.70. The SMILES string of the molecule is NCC(NCC1CC1)c1cc(Br)ccc1Cl. The number of halogens is 2. The van der Waals surface area contributed by atoms with Crippen LogP contribution in [-0.2, 0) is 0 Å². The van der Waals surface area contributed by atoms with Crippen molar-refractivity contribution in [1.82, 2.24) is 5.32 Å². The van der Waals surface area contributed by atoms with Crippen LogP contribution in [0.5, 0.6) is 0 Å². The van der Waals surface area contributed by atoms with Gasteiger partial charge in [-0.15, -0.1) is 0 Å². The van der Waals surface area contributed by atoms with Crippen molar-refractivity contribution in [2.24, 2.45) is 11.7 Å². The van der Waals surface area contributed by atoms with E-state index in [-0.39, 0.29) is 6.04 Å². The lowest BCUT2D eigenvalue weighted by atomic mass is 10.1. The number of nitrogens with two attached hydrogens (primary N) is 1. The predicted octanol–water partition coefficient (Wildman–Crippen LogP) is 3.10. The minimum atomic E-state index is 0.158. The molecule has 2 rings (SSSR count). The average Bonchev–Trinajstić information content (AvgIpc) is 3.07. The summed E-state index contributed by atoms with van der Waals surface area (Å²) in [4.78, 5) is 0. The van der Waals surface area contributed by atoms with Crippen LogP contribution in [0.4, 0.5) is 0 Å². The van der Waals surface area contributed by atoms with Gasteiger partial charge in [-0.05, 0) is 49.1 Å². The van der Waals surface area contributed by atoms with E-state index in [0.717, 1.165) is 27.5 Å². The Labute approximate surface area is 110 Å². The van der Waals surface area contributed by atoms with Crippen molar-refractivity contribution in [2.75, 3.05) is 13.1 Å². The summed E-state index contributed by atoms with van der Waals surface area (Å²) in [5.41, 5.74) is 6.88. The summed E-state index contributed by atoms with van der Waals surface area (Å²) in [6, 6.07) is 6.05. The molecule has 1 unspecified atom stereocenters. The summed E-state index contributed by atoms with van der Waals surface area (Å²) in [5, 5.41) is 4.26. The predicted molar refractivity (Wildman–Crippen MR) is 71.7 cm³/mol. The highest BCUT2D eigenvalue weighted by Crippen LogP contribution is 2.30. The van der Waals surface area contributed by atoms with E-state index in [0.29, 0.717) is 6.54 Å². The molecule has 0 saturated heterocycles. The van der Waals surface area contributed by atoms with E-state index in [1.54, 1.807) is 0 Å². The quantitative estimate of drug-likeness (QED) is 0.877. The maximum absolute atomic E-state index is 6.18. The van der Waals surface area contributed by atoms with Gasteiger partial charge in [0, 0.05) is 22.1 Å². The molecule has 0 aliphatic heterocycles. The molecule has 1 aliphatic carbocycles. The fourth-order valence-electron chi connectivity index (χ4n) is 1.73. The van der Waals surface area contributed by atoms with E-state index >= 15 is 0 Å². The van der Waals surface area contributed by atoms with Crippen LogP contribution in [0.3, 0.4) is 0 Å². The third-order valence-electron chi connectivity index (χ3n) is 2.92. The van der Waals surface area contributed by atoms with Gasteiger partial charge in [0.05, 0.1) is 0 Å². The highest BCUT2D eigenvalue weighted by Gasteiger charge is 2.23. The van der Waals surface area contributed by atoms with Crippen molar-refractivity contribution in [2.45, 2.75) is 18.9 Å². The van der Waals surface area contributed by atoms with Gasteiger partial charge in [-0.3, -0.25) is 0 Å². The molecule has 4 heteroatoms. The first-order valence-electron chi connectivity index (χ1n) is 5.59. The molecule has 3 N–H and O–H groups in total. The normalized spacial score (nSPS) is 17.4. The molecule has 16 heavy (non-hydrogen) atoms. The summed E-state index contributed by atoms with van der Waals surface area (Å²) in [6.45, 7) is 1.62. The van der Waals surface area contributed by atoms with Gasteiger partial charge in [-0.1, -0.05) is 27.5 Å². The number of hydrogen-bond acceptors (Lipinski definition) is 2. The lowest BCUT2D eigenvalue weighted by molar-refractivity contribution is 0.522. The molecule has 1 saturated carbocycles. The summed E-state index contributed by atoms with van der Waals surface area (Å²) in [6.07, 6.45) is 2.69. The van der Waals surface area contributed by atoms with Crippen LogP contribution >= 0.6 is 27.5 Å². The van der Waals surface area contributed by atoms with E-state index in [4.69, 9.17) is 17.3 Å². The third-order valence-corrected chi connectivity index (χ3v) is 3.76. The van der Waals surface area contributed by atoms with Crippen LogP contribution in [0.15, 0.2) is 22.7 Å². The van der Waals surface area contributed by atoms with Gasteiger partial charge < -0.3 is 11.1 Å². The Balaban J connectivity index is 2.07. The monoisotopic (exact) mass is 302 g/mol. The van der Waals surface area contributed by atoms with Gasteiger partial charge in [-0.25, -0.2) is 0 Å². The maximum atomic E-state index is 6.18. The van der Waals surface area contributed by atoms with Crippen LogP contribution in [0.25, 0.3) is 0 Å². The summed E-state index contributed by atoms with van der Waals surface area (Å²) in [7, 11) is 0. The van der Waals surface area contributed by atoms with E-state index < -0.39 is 0 Å². The molecule has 0 amide bonds. The first-order valence-corrected chi connectivity index (χ1v) is 6.76. The Morgan fingerprint density at radius 3 is 2.88 bits per heavy atom. The molecule has 1 fully saturated rings. The van der Waals surface area contributed by atoms with Crippen LogP contribution in [0, 0.1) is 5.92 Å². The summed E-state index contributed by atoms with van der Waals surface area (Å²) < 4.78 is 1.04. The number of benzene rings is 1. The van der Waals surface area contributed by atoms with Crippen LogP contribution in [0.2, 0.25) is 5.02 Å². The molecule has 0 heterocycles. The second kappa shape index (κ2) is 5.50. The molecular weight excluding hydrogens is 288 g/mol. The van der Waals surface area contributed by atoms with Gasteiger partial charge >= 0.3 is 0 Å². The second-order valence-corrected chi connectivity index (χ2v) is 5.63. The fourth-order valence-corrected chi connectivity index (χ4v) is 2.36. The largest absolute Gasteiger partial charge is 0.329 e. The van der Waals surface area contributed by atoms with Crippen molar-refractivity contribution >= 4 is 27.5 Å². The Kier molecular flexibility index (Phi) is 4.25. The van der Waals surface area contributed by atoms with Gasteiger partial charge in [0.1, 0.15) is 0 Å². The second-order valence-electron chi connectivity index (χ2n) is 4.31. The fraction of sp³-hybridized carbons (Fsp3) is 0.500. The minimum Gasteiger partial charge on any atom is -0.329 e. The molecule has 88 valence electrons. The van der Waals surface area contributed by atoms with Gasteiger partial charge in [0.25, 0.3) is 0 Å². The molecular formula is C12H16BrClN2. The number of nitrogens with one attached hydrogen (secondary N) is 1. The molecule has 0 spiro atoms. The average molecular weight is 304 g/mol. The molecule has 0 radical (unpaired) electrons. The highest BCUT2D eigenvalue weighted by atomic mass is 79.9.